The first-order valence-electron chi connectivity index (χ1n) is 9.59. The van der Waals surface area contributed by atoms with Crippen molar-refractivity contribution < 1.29 is 9.59 Å². The predicted octanol–water partition coefficient (Wildman–Crippen LogP) is 5.69. The van der Waals surface area contributed by atoms with Gasteiger partial charge < -0.3 is 10.6 Å². The second kappa shape index (κ2) is 10.6. The summed E-state index contributed by atoms with van der Waals surface area (Å²) in [4.78, 5) is 25.3. The van der Waals surface area contributed by atoms with Crippen LogP contribution in [-0.2, 0) is 4.79 Å². The first-order valence-corrected chi connectivity index (χ1v) is 11.2. The van der Waals surface area contributed by atoms with E-state index in [1.807, 2.05) is 26.0 Å². The van der Waals surface area contributed by atoms with Crippen LogP contribution in [0.5, 0.6) is 0 Å². The zero-order valence-electron chi connectivity index (χ0n) is 16.9. The number of aromatic nitrogens is 2. The molecular formula is C21H21Cl2N5O2S. The Morgan fingerprint density at radius 1 is 0.968 bits per heavy atom. The maximum absolute atomic E-state index is 12.9. The van der Waals surface area contributed by atoms with Gasteiger partial charge in [0.05, 0.1) is 0 Å². The smallest absolute Gasteiger partial charge is 0.319 e. The molecule has 1 aromatic heterocycles. The molecule has 0 saturated heterocycles. The number of nitrogens with one attached hydrogen (secondary N) is 3. The second-order valence-electron chi connectivity index (χ2n) is 6.88. The van der Waals surface area contributed by atoms with Crippen LogP contribution in [0, 0.1) is 5.92 Å². The van der Waals surface area contributed by atoms with Crippen LogP contribution < -0.4 is 16.0 Å². The normalized spacial score (nSPS) is 12.6. The lowest BCUT2D eigenvalue weighted by Crippen LogP contribution is -2.49. The summed E-state index contributed by atoms with van der Waals surface area (Å²) < 4.78 is 0. The third-order valence-electron chi connectivity index (χ3n) is 4.63. The molecule has 0 aliphatic rings. The molecule has 10 heteroatoms. The van der Waals surface area contributed by atoms with Crippen molar-refractivity contribution in [1.29, 1.82) is 0 Å². The van der Waals surface area contributed by atoms with Crippen molar-refractivity contribution in [2.75, 3.05) is 10.6 Å². The van der Waals surface area contributed by atoms with Gasteiger partial charge in [-0.25, -0.2) is 4.79 Å². The molecule has 0 aliphatic heterocycles. The number of hydrogen-bond donors (Lipinski definition) is 3. The standard InChI is InChI=1S/C21H21Cl2N5O2S/c1-3-12(2)17(25-20(30)24-16-10-8-15(23)9-11-16)18(29)26-21-28-27-19(31-21)13-4-6-14(22)7-5-13/h4-12,17H,3H2,1-2H3,(H2,24,25,30)(H,26,28,29)/t12-,17+/m1/s1. The van der Waals surface area contributed by atoms with Gasteiger partial charge in [0.25, 0.3) is 0 Å². The first kappa shape index (κ1) is 23.0. The quantitative estimate of drug-likeness (QED) is 0.407. The van der Waals surface area contributed by atoms with Gasteiger partial charge >= 0.3 is 6.03 Å². The third-order valence-corrected chi connectivity index (χ3v) is 6.02. The first-order chi connectivity index (χ1) is 14.9. The van der Waals surface area contributed by atoms with E-state index in [0.29, 0.717) is 32.3 Å². The number of carbonyl (C=O) groups is 2. The number of urea groups is 1. The van der Waals surface area contributed by atoms with Gasteiger partial charge in [0.15, 0.2) is 0 Å². The fourth-order valence-corrected chi connectivity index (χ4v) is 3.71. The Balaban J connectivity index is 1.66. The zero-order chi connectivity index (χ0) is 22.4. The molecule has 3 aromatic rings. The van der Waals surface area contributed by atoms with Crippen LogP contribution in [-0.4, -0.2) is 28.2 Å². The van der Waals surface area contributed by atoms with E-state index in [4.69, 9.17) is 23.2 Å². The van der Waals surface area contributed by atoms with Gasteiger partial charge in [-0.3, -0.25) is 10.1 Å². The molecule has 162 valence electrons. The molecule has 0 saturated carbocycles. The van der Waals surface area contributed by atoms with Crippen molar-refractivity contribution in [3.63, 3.8) is 0 Å². The Morgan fingerprint density at radius 3 is 2.19 bits per heavy atom. The number of amides is 3. The van der Waals surface area contributed by atoms with E-state index in [2.05, 4.69) is 26.1 Å². The Kier molecular flexibility index (Phi) is 7.84. The molecule has 1 heterocycles. The minimum Gasteiger partial charge on any atom is -0.326 e. The number of nitrogens with zero attached hydrogens (tertiary/aromatic N) is 2. The highest BCUT2D eigenvalue weighted by Crippen LogP contribution is 2.27. The SMILES string of the molecule is CC[C@@H](C)[C@H](NC(=O)Nc1ccc(Cl)cc1)C(=O)Nc1nnc(-c2ccc(Cl)cc2)s1. The minimum absolute atomic E-state index is 0.0976. The van der Waals surface area contributed by atoms with Crippen molar-refractivity contribution in [2.24, 2.45) is 5.92 Å². The van der Waals surface area contributed by atoms with Crippen LogP contribution in [0.15, 0.2) is 48.5 Å². The lowest BCUT2D eigenvalue weighted by molar-refractivity contribution is -0.119. The average Bonchev–Trinajstić information content (AvgIpc) is 3.22. The van der Waals surface area contributed by atoms with Gasteiger partial charge in [-0.15, -0.1) is 10.2 Å². The van der Waals surface area contributed by atoms with Crippen molar-refractivity contribution in [3.05, 3.63) is 58.6 Å². The zero-order valence-corrected chi connectivity index (χ0v) is 19.2. The van der Waals surface area contributed by atoms with Gasteiger partial charge in [-0.1, -0.05) is 66.9 Å². The molecule has 0 unspecified atom stereocenters. The maximum Gasteiger partial charge on any atom is 0.319 e. The van der Waals surface area contributed by atoms with E-state index in [9.17, 15) is 9.59 Å². The number of anilines is 2. The number of halogens is 2. The number of benzene rings is 2. The fraction of sp³-hybridized carbons (Fsp3) is 0.238. The van der Waals surface area contributed by atoms with E-state index >= 15 is 0 Å². The van der Waals surface area contributed by atoms with Crippen molar-refractivity contribution in [1.82, 2.24) is 15.5 Å². The van der Waals surface area contributed by atoms with Crippen LogP contribution in [0.2, 0.25) is 10.0 Å². The molecular weight excluding hydrogens is 457 g/mol. The Bertz CT molecular complexity index is 1040. The second-order valence-corrected chi connectivity index (χ2v) is 8.73. The summed E-state index contributed by atoms with van der Waals surface area (Å²) in [5, 5.41) is 18.6. The van der Waals surface area contributed by atoms with Gasteiger partial charge in [0.2, 0.25) is 11.0 Å². The predicted molar refractivity (Wildman–Crippen MR) is 126 cm³/mol. The van der Waals surface area contributed by atoms with Crippen LogP contribution in [0.4, 0.5) is 15.6 Å². The van der Waals surface area contributed by atoms with Crippen molar-refractivity contribution in [2.45, 2.75) is 26.3 Å². The number of rotatable bonds is 7. The molecule has 3 amide bonds. The van der Waals surface area contributed by atoms with Crippen LogP contribution in [0.25, 0.3) is 10.6 Å². The van der Waals surface area contributed by atoms with Crippen LogP contribution >= 0.6 is 34.5 Å². The molecule has 3 N–H and O–H groups in total. The molecule has 0 aliphatic carbocycles. The lowest BCUT2D eigenvalue weighted by atomic mass is 9.98. The molecule has 2 atom stereocenters. The van der Waals surface area contributed by atoms with Crippen molar-refractivity contribution in [3.8, 4) is 10.6 Å². The minimum atomic E-state index is -0.750. The summed E-state index contributed by atoms with van der Waals surface area (Å²) in [7, 11) is 0. The van der Waals surface area contributed by atoms with Gasteiger partial charge in [-0.05, 0) is 42.3 Å². The summed E-state index contributed by atoms with van der Waals surface area (Å²) in [6.07, 6.45) is 0.700. The monoisotopic (exact) mass is 477 g/mol. The van der Waals surface area contributed by atoms with Gasteiger partial charge in [-0.2, -0.15) is 0 Å². The molecule has 3 rings (SSSR count). The third kappa shape index (κ3) is 6.40. The molecule has 2 aromatic carbocycles. The highest BCUT2D eigenvalue weighted by molar-refractivity contribution is 7.18. The average molecular weight is 478 g/mol. The Hall–Kier alpha value is -2.68. The lowest BCUT2D eigenvalue weighted by Gasteiger charge is -2.23. The van der Waals surface area contributed by atoms with Gasteiger partial charge in [0, 0.05) is 21.3 Å². The molecule has 7 nitrogen and oxygen atoms in total. The maximum atomic E-state index is 12.9. The molecule has 0 bridgehead atoms. The highest BCUT2D eigenvalue weighted by atomic mass is 35.5. The highest BCUT2D eigenvalue weighted by Gasteiger charge is 2.27. The van der Waals surface area contributed by atoms with E-state index in [1.165, 1.54) is 11.3 Å². The van der Waals surface area contributed by atoms with E-state index in [0.717, 1.165) is 5.56 Å². The molecule has 0 fully saturated rings. The fourth-order valence-electron chi connectivity index (χ4n) is 2.71. The molecule has 31 heavy (non-hydrogen) atoms. The topological polar surface area (TPSA) is 96.0 Å². The number of hydrogen-bond acceptors (Lipinski definition) is 5. The Morgan fingerprint density at radius 2 is 1.58 bits per heavy atom. The van der Waals surface area contributed by atoms with Crippen molar-refractivity contribution >= 4 is 57.3 Å². The van der Waals surface area contributed by atoms with Crippen LogP contribution in [0.3, 0.4) is 0 Å². The van der Waals surface area contributed by atoms with Gasteiger partial charge in [0.1, 0.15) is 11.0 Å². The largest absolute Gasteiger partial charge is 0.326 e. The summed E-state index contributed by atoms with van der Waals surface area (Å²) in [5.41, 5.74) is 1.42. The molecule has 0 radical (unpaired) electrons. The Labute approximate surface area is 194 Å². The summed E-state index contributed by atoms with van der Waals surface area (Å²) >= 11 is 13.0. The number of carbonyl (C=O) groups excluding carboxylic acids is 2. The molecule has 0 spiro atoms. The summed E-state index contributed by atoms with van der Waals surface area (Å²) in [6, 6.07) is 12.7. The summed E-state index contributed by atoms with van der Waals surface area (Å²) in [6.45, 7) is 3.85. The summed E-state index contributed by atoms with van der Waals surface area (Å²) in [5.74, 6) is -0.459. The van der Waals surface area contributed by atoms with E-state index < -0.39 is 12.1 Å². The van der Waals surface area contributed by atoms with E-state index in [1.54, 1.807) is 36.4 Å². The van der Waals surface area contributed by atoms with E-state index in [-0.39, 0.29) is 11.8 Å². The van der Waals surface area contributed by atoms with Crippen LogP contribution in [0.1, 0.15) is 20.3 Å².